The van der Waals surface area contributed by atoms with E-state index in [1.165, 1.54) is 25.7 Å². The first-order chi connectivity index (χ1) is 24.1. The second-order valence-corrected chi connectivity index (χ2v) is 18.7. The first-order valence-corrected chi connectivity index (χ1v) is 26.3. The summed E-state index contributed by atoms with van der Waals surface area (Å²) < 4.78 is 20.2. The van der Waals surface area contributed by atoms with Crippen LogP contribution in [0.4, 0.5) is 0 Å². The first kappa shape index (κ1) is 54.7. The van der Waals surface area contributed by atoms with Crippen molar-refractivity contribution in [1.82, 2.24) is 0 Å². The van der Waals surface area contributed by atoms with E-state index in [1.807, 2.05) is 0 Å². The van der Waals surface area contributed by atoms with Gasteiger partial charge in [-0.3, -0.25) is 19.2 Å². The van der Waals surface area contributed by atoms with Crippen molar-refractivity contribution in [3.05, 3.63) is 0 Å². The molecule has 0 radical (unpaired) electrons. The van der Waals surface area contributed by atoms with E-state index in [0.29, 0.717) is 50.1 Å². The van der Waals surface area contributed by atoms with Crippen molar-refractivity contribution in [2.24, 2.45) is 23.7 Å². The SMILES string of the molecule is CC(C)CCCCCOC(=O)C([S-])C(=O)OCCCCCC(C)C.CC(C)CCCCCOC(=O)C([S-])C(=O)OCCCCCC(C)C.[CH3][Sn+2][CH3]. The van der Waals surface area contributed by atoms with Crippen molar-refractivity contribution >= 4 is 70.3 Å². The van der Waals surface area contributed by atoms with Gasteiger partial charge in [-0.2, -0.15) is 0 Å². The van der Waals surface area contributed by atoms with Crippen molar-refractivity contribution in [2.75, 3.05) is 26.4 Å². The Morgan fingerprint density at radius 2 is 0.569 bits per heavy atom. The van der Waals surface area contributed by atoms with Gasteiger partial charge < -0.3 is 44.2 Å². The Morgan fingerprint density at radius 1 is 0.392 bits per heavy atom. The molecule has 8 nitrogen and oxygen atoms in total. The molecule has 0 N–H and O–H groups in total. The van der Waals surface area contributed by atoms with Crippen LogP contribution in [0.25, 0.3) is 0 Å². The van der Waals surface area contributed by atoms with Gasteiger partial charge in [0, 0.05) is 10.5 Å². The van der Waals surface area contributed by atoms with Crippen molar-refractivity contribution < 1.29 is 38.1 Å². The molecule has 0 aliphatic rings. The van der Waals surface area contributed by atoms with Gasteiger partial charge in [0.15, 0.2) is 0 Å². The molecule has 0 fully saturated rings. The maximum atomic E-state index is 11.7. The monoisotopic (exact) mass is 868 g/mol. The molecule has 0 bridgehead atoms. The van der Waals surface area contributed by atoms with E-state index in [9.17, 15) is 19.2 Å². The Hall–Kier alpha value is -0.621. The molecule has 0 aliphatic heterocycles. The predicted molar refractivity (Wildman–Crippen MR) is 217 cm³/mol. The number of hydrogen-bond acceptors (Lipinski definition) is 10. The quantitative estimate of drug-likeness (QED) is 0.0189. The van der Waals surface area contributed by atoms with E-state index in [-0.39, 0.29) is 21.1 Å². The molecule has 0 rings (SSSR count). The van der Waals surface area contributed by atoms with E-state index >= 15 is 0 Å². The Kier molecular flexibility index (Phi) is 41.9. The Morgan fingerprint density at radius 3 is 0.725 bits per heavy atom. The van der Waals surface area contributed by atoms with Crippen molar-refractivity contribution in [3.8, 4) is 0 Å². The van der Waals surface area contributed by atoms with Crippen molar-refractivity contribution in [2.45, 2.75) is 179 Å². The molecular formula is C40H76O8S2Sn. The Balaban J connectivity index is -0.000000838. The van der Waals surface area contributed by atoms with Gasteiger partial charge in [-0.25, -0.2) is 0 Å². The topological polar surface area (TPSA) is 105 Å². The van der Waals surface area contributed by atoms with Gasteiger partial charge in [-0.05, 0) is 49.4 Å². The van der Waals surface area contributed by atoms with Crippen molar-refractivity contribution in [1.29, 1.82) is 0 Å². The molecule has 0 amide bonds. The molecule has 0 saturated heterocycles. The fourth-order valence-corrected chi connectivity index (χ4v) is 4.78. The van der Waals surface area contributed by atoms with Crippen LogP contribution in [-0.4, -0.2) is 81.9 Å². The molecule has 0 spiro atoms. The summed E-state index contributed by atoms with van der Waals surface area (Å²) >= 11 is 10.0. The summed E-state index contributed by atoms with van der Waals surface area (Å²) in [5.74, 6) is 0.179. The molecule has 0 saturated carbocycles. The minimum atomic E-state index is -1.24. The van der Waals surface area contributed by atoms with Crippen LogP contribution in [0.3, 0.4) is 0 Å². The Labute approximate surface area is 335 Å². The molecular weight excluding hydrogens is 791 g/mol. The zero-order valence-electron chi connectivity index (χ0n) is 34.2. The molecule has 0 atom stereocenters. The van der Waals surface area contributed by atoms with Crippen LogP contribution in [0.5, 0.6) is 0 Å². The molecule has 0 heterocycles. The third-order valence-electron chi connectivity index (χ3n) is 7.54. The number of carbonyl (C=O) groups excluding carboxylic acids is 4. The van der Waals surface area contributed by atoms with Crippen LogP contribution in [0.1, 0.15) is 158 Å². The van der Waals surface area contributed by atoms with Crippen LogP contribution in [-0.2, 0) is 63.4 Å². The normalized spacial score (nSPS) is 10.9. The Bertz CT molecular complexity index is 709. The summed E-state index contributed by atoms with van der Waals surface area (Å²) in [4.78, 5) is 51.4. The van der Waals surface area contributed by atoms with Crippen LogP contribution in [0.2, 0.25) is 9.88 Å². The standard InChI is InChI=1S/2C19H36O4S.2CH3.Sn/c2*1-15(2)11-7-5-9-13-22-18(20)17(24)19(21)23-14-10-6-8-12-16(3)4;;;/h2*15-17,24H,5-14H2,1-4H3;2*1H3;/q;;;;+2/p-2. The number of ether oxygens (including phenoxy) is 4. The number of esters is 4. The zero-order valence-corrected chi connectivity index (χ0v) is 38.7. The second kappa shape index (κ2) is 39.1. The van der Waals surface area contributed by atoms with Gasteiger partial charge in [-0.15, -0.1) is 0 Å². The van der Waals surface area contributed by atoms with Crippen LogP contribution in [0.15, 0.2) is 0 Å². The zero-order chi connectivity index (χ0) is 39.5. The van der Waals surface area contributed by atoms with Gasteiger partial charge in [0.05, 0.1) is 26.4 Å². The van der Waals surface area contributed by atoms with E-state index in [0.717, 1.165) is 77.0 Å². The molecule has 51 heavy (non-hydrogen) atoms. The van der Waals surface area contributed by atoms with E-state index in [1.54, 1.807) is 0 Å². The van der Waals surface area contributed by atoms with Gasteiger partial charge in [0.25, 0.3) is 23.9 Å². The number of hydrogen-bond donors (Lipinski definition) is 0. The summed E-state index contributed by atoms with van der Waals surface area (Å²) in [5.41, 5.74) is 0. The average molecular weight is 868 g/mol. The molecule has 300 valence electrons. The molecule has 0 aromatic heterocycles. The van der Waals surface area contributed by atoms with Gasteiger partial charge in [0.1, 0.15) is 0 Å². The van der Waals surface area contributed by atoms with E-state index in [2.05, 4.69) is 65.3 Å². The summed E-state index contributed by atoms with van der Waals surface area (Å²) in [6.45, 7) is 18.8. The average Bonchev–Trinajstić information content (AvgIpc) is 3.06. The first-order valence-electron chi connectivity index (χ1n) is 19.7. The van der Waals surface area contributed by atoms with Crippen LogP contribution < -0.4 is 0 Å². The molecule has 0 aliphatic carbocycles. The van der Waals surface area contributed by atoms with Crippen LogP contribution >= 0.6 is 0 Å². The van der Waals surface area contributed by atoms with Crippen molar-refractivity contribution in [3.63, 3.8) is 0 Å². The maximum absolute atomic E-state index is 11.7. The third kappa shape index (κ3) is 42.0. The molecule has 0 unspecified atom stereocenters. The van der Waals surface area contributed by atoms with E-state index in [4.69, 9.17) is 44.2 Å². The fraction of sp³-hybridized carbons (Fsp3) is 0.900. The van der Waals surface area contributed by atoms with Gasteiger partial charge in [0.2, 0.25) is 0 Å². The molecule has 0 aromatic carbocycles. The van der Waals surface area contributed by atoms with Crippen LogP contribution in [0, 0.1) is 23.7 Å². The number of rotatable bonds is 28. The van der Waals surface area contributed by atoms with E-state index < -0.39 is 34.4 Å². The molecule has 0 aromatic rings. The second-order valence-electron chi connectivity index (χ2n) is 14.9. The summed E-state index contributed by atoms with van der Waals surface area (Å²) in [5, 5.41) is -2.48. The number of unbranched alkanes of at least 4 members (excludes halogenated alkanes) is 8. The predicted octanol–water partition coefficient (Wildman–Crippen LogP) is 9.63. The minimum absolute atomic E-state index is 0.230. The van der Waals surface area contributed by atoms with Gasteiger partial charge >= 0.3 is 31.0 Å². The summed E-state index contributed by atoms with van der Waals surface area (Å²) in [6, 6.07) is 0. The number of carbonyl (C=O) groups is 4. The third-order valence-corrected chi connectivity index (χ3v) is 8.31. The fourth-order valence-electron chi connectivity index (χ4n) is 4.51. The summed E-state index contributed by atoms with van der Waals surface area (Å²) in [7, 11) is 0. The summed E-state index contributed by atoms with van der Waals surface area (Å²) in [6.07, 6.45) is 16.6. The molecule has 11 heteroatoms. The van der Waals surface area contributed by atoms with Gasteiger partial charge in [-0.1, -0.05) is 132 Å².